The average Bonchev–Trinajstić information content (AvgIpc) is 2.65. The molecule has 0 bridgehead atoms. The molecule has 1 aromatic heterocycles. The number of hydrogen-bond acceptors (Lipinski definition) is 3. The summed E-state index contributed by atoms with van der Waals surface area (Å²) in [6.07, 6.45) is 1.96. The first-order chi connectivity index (χ1) is 10.3. The van der Waals surface area contributed by atoms with Gasteiger partial charge in [-0.15, -0.1) is 0 Å². The predicted molar refractivity (Wildman–Crippen MR) is 89.4 cm³/mol. The highest BCUT2D eigenvalue weighted by atomic mass is 35.5. The molecule has 0 spiro atoms. The van der Waals surface area contributed by atoms with Crippen LogP contribution in [0.15, 0.2) is 24.4 Å². The van der Waals surface area contributed by atoms with Crippen LogP contribution in [0, 0.1) is 6.92 Å². The lowest BCUT2D eigenvalue weighted by Crippen LogP contribution is -2.29. The highest BCUT2D eigenvalue weighted by molar-refractivity contribution is 6.35. The van der Waals surface area contributed by atoms with E-state index in [1.165, 1.54) is 0 Å². The summed E-state index contributed by atoms with van der Waals surface area (Å²) >= 11 is 11.8. The molecule has 2 aromatic rings. The van der Waals surface area contributed by atoms with Gasteiger partial charge in [0.05, 0.1) is 12.2 Å². The monoisotopic (exact) mass is 340 g/mol. The number of aromatic nitrogens is 2. The first-order valence-electron chi connectivity index (χ1n) is 6.77. The zero-order valence-electron chi connectivity index (χ0n) is 12.7. The summed E-state index contributed by atoms with van der Waals surface area (Å²) in [6, 6.07) is 4.95. The number of carbonyl (C=O) groups is 1. The normalized spacial score (nSPS) is 11.0. The van der Waals surface area contributed by atoms with Gasteiger partial charge in [-0.1, -0.05) is 23.2 Å². The number of carbonyl (C=O) groups excluding carboxylic acids is 1. The average molecular weight is 341 g/mol. The molecule has 1 N–H and O–H groups in total. The minimum Gasteiger partial charge on any atom is -0.325 e. The maximum Gasteiger partial charge on any atom is 0.238 e. The van der Waals surface area contributed by atoms with Crippen LogP contribution in [-0.2, 0) is 18.4 Å². The Morgan fingerprint density at radius 1 is 1.32 bits per heavy atom. The maximum absolute atomic E-state index is 12.1. The van der Waals surface area contributed by atoms with Gasteiger partial charge in [0, 0.05) is 41.1 Å². The van der Waals surface area contributed by atoms with Crippen molar-refractivity contribution in [2.24, 2.45) is 7.05 Å². The molecule has 0 aliphatic carbocycles. The minimum absolute atomic E-state index is 0.123. The fourth-order valence-electron chi connectivity index (χ4n) is 2.22. The Kier molecular flexibility index (Phi) is 5.45. The zero-order valence-corrected chi connectivity index (χ0v) is 14.2. The lowest BCUT2D eigenvalue weighted by Gasteiger charge is -2.16. The smallest absolute Gasteiger partial charge is 0.238 e. The second-order valence-electron chi connectivity index (χ2n) is 5.29. The highest BCUT2D eigenvalue weighted by Crippen LogP contribution is 2.22. The summed E-state index contributed by atoms with van der Waals surface area (Å²) in [5.41, 5.74) is 2.66. The molecular weight excluding hydrogens is 323 g/mol. The minimum atomic E-state index is -0.123. The van der Waals surface area contributed by atoms with E-state index in [0.717, 1.165) is 11.3 Å². The topological polar surface area (TPSA) is 50.2 Å². The van der Waals surface area contributed by atoms with Gasteiger partial charge in [-0.2, -0.15) is 5.10 Å². The molecular formula is C15H18Cl2N4O. The summed E-state index contributed by atoms with van der Waals surface area (Å²) in [5.74, 6) is -0.123. The van der Waals surface area contributed by atoms with Gasteiger partial charge in [0.15, 0.2) is 0 Å². The summed E-state index contributed by atoms with van der Waals surface area (Å²) in [4.78, 5) is 14.0. The first kappa shape index (κ1) is 16.8. The third-order valence-corrected chi connectivity index (χ3v) is 3.55. The largest absolute Gasteiger partial charge is 0.325 e. The van der Waals surface area contributed by atoms with Gasteiger partial charge in [0.25, 0.3) is 0 Å². The van der Waals surface area contributed by atoms with Crippen LogP contribution in [-0.4, -0.2) is 34.2 Å². The lowest BCUT2D eigenvalue weighted by molar-refractivity contribution is -0.117. The summed E-state index contributed by atoms with van der Waals surface area (Å²) < 4.78 is 1.77. The Hall–Kier alpha value is -1.56. The molecule has 1 heterocycles. The van der Waals surface area contributed by atoms with Gasteiger partial charge in [-0.05, 0) is 32.2 Å². The van der Waals surface area contributed by atoms with Crippen molar-refractivity contribution in [2.75, 3.05) is 18.9 Å². The molecule has 1 amide bonds. The Balaban J connectivity index is 1.92. The molecule has 0 saturated heterocycles. The van der Waals surface area contributed by atoms with Crippen molar-refractivity contribution in [1.82, 2.24) is 14.7 Å². The van der Waals surface area contributed by atoms with E-state index in [1.54, 1.807) is 22.9 Å². The molecule has 1 aromatic carbocycles. The molecule has 0 saturated carbocycles. The molecule has 0 radical (unpaired) electrons. The number of anilines is 1. The molecule has 5 nitrogen and oxygen atoms in total. The predicted octanol–water partition coefficient (Wildman–Crippen LogP) is 3.11. The molecule has 0 unspecified atom stereocenters. The molecule has 0 aliphatic rings. The van der Waals surface area contributed by atoms with Crippen LogP contribution in [0.3, 0.4) is 0 Å². The van der Waals surface area contributed by atoms with E-state index in [4.69, 9.17) is 23.2 Å². The Bertz CT molecular complexity index is 664. The van der Waals surface area contributed by atoms with Crippen molar-refractivity contribution >= 4 is 34.8 Å². The van der Waals surface area contributed by atoms with E-state index < -0.39 is 0 Å². The number of likely N-dealkylation sites (N-methyl/N-ethyl adjacent to an activating group) is 1. The molecule has 22 heavy (non-hydrogen) atoms. The van der Waals surface area contributed by atoms with E-state index in [-0.39, 0.29) is 12.5 Å². The maximum atomic E-state index is 12.1. The number of hydrogen-bond donors (Lipinski definition) is 1. The number of halogens is 2. The van der Waals surface area contributed by atoms with Gasteiger partial charge in [-0.3, -0.25) is 14.4 Å². The summed E-state index contributed by atoms with van der Waals surface area (Å²) in [5, 5.41) is 8.06. The first-order valence-corrected chi connectivity index (χ1v) is 7.52. The van der Waals surface area contributed by atoms with E-state index in [9.17, 15) is 4.79 Å². The molecule has 118 valence electrons. The number of aryl methyl sites for hydroxylation is 2. The number of nitrogens with one attached hydrogen (secondary N) is 1. The van der Waals surface area contributed by atoms with Crippen molar-refractivity contribution in [1.29, 1.82) is 0 Å². The van der Waals surface area contributed by atoms with Crippen LogP contribution >= 0.6 is 23.2 Å². The fraction of sp³-hybridized carbons (Fsp3) is 0.333. The lowest BCUT2D eigenvalue weighted by atomic mass is 10.2. The Labute approximate surface area is 139 Å². The van der Waals surface area contributed by atoms with Crippen molar-refractivity contribution in [3.8, 4) is 0 Å². The van der Waals surface area contributed by atoms with Crippen LogP contribution in [0.1, 0.15) is 11.3 Å². The van der Waals surface area contributed by atoms with Crippen molar-refractivity contribution < 1.29 is 4.79 Å². The number of amides is 1. The van der Waals surface area contributed by atoms with Crippen molar-refractivity contribution in [2.45, 2.75) is 13.5 Å². The highest BCUT2D eigenvalue weighted by Gasteiger charge is 2.11. The van der Waals surface area contributed by atoms with Crippen LogP contribution in [0.5, 0.6) is 0 Å². The van der Waals surface area contributed by atoms with Crippen molar-refractivity contribution in [3.05, 3.63) is 45.7 Å². The zero-order chi connectivity index (χ0) is 16.3. The van der Waals surface area contributed by atoms with Gasteiger partial charge in [-0.25, -0.2) is 0 Å². The molecule has 2 rings (SSSR count). The standard InChI is InChI=1S/C15H18Cl2N4O/c1-10-11(8-21(3)19-10)7-20(2)9-15(22)18-14-5-12(16)4-13(17)6-14/h4-6,8H,7,9H2,1-3H3,(H,18,22). The Morgan fingerprint density at radius 2 is 1.95 bits per heavy atom. The SMILES string of the molecule is Cc1nn(C)cc1CN(C)CC(=O)Nc1cc(Cl)cc(Cl)c1. The van der Waals surface area contributed by atoms with E-state index in [2.05, 4.69) is 10.4 Å². The van der Waals surface area contributed by atoms with Crippen LogP contribution in [0.25, 0.3) is 0 Å². The van der Waals surface area contributed by atoms with Gasteiger partial charge in [0.1, 0.15) is 0 Å². The molecule has 7 heteroatoms. The number of rotatable bonds is 5. The number of nitrogens with zero attached hydrogens (tertiary/aromatic N) is 3. The summed E-state index contributed by atoms with van der Waals surface area (Å²) in [6.45, 7) is 2.87. The Morgan fingerprint density at radius 3 is 2.50 bits per heavy atom. The third kappa shape index (κ3) is 4.73. The summed E-state index contributed by atoms with van der Waals surface area (Å²) in [7, 11) is 3.77. The van der Waals surface area contributed by atoms with E-state index in [1.807, 2.05) is 32.1 Å². The van der Waals surface area contributed by atoms with Crippen LogP contribution in [0.2, 0.25) is 10.0 Å². The molecule has 0 fully saturated rings. The number of benzene rings is 1. The fourth-order valence-corrected chi connectivity index (χ4v) is 2.75. The molecule has 0 aliphatic heterocycles. The van der Waals surface area contributed by atoms with Gasteiger partial charge < -0.3 is 5.32 Å². The third-order valence-electron chi connectivity index (χ3n) is 3.12. The van der Waals surface area contributed by atoms with E-state index in [0.29, 0.717) is 22.3 Å². The van der Waals surface area contributed by atoms with Crippen molar-refractivity contribution in [3.63, 3.8) is 0 Å². The van der Waals surface area contributed by atoms with Crippen LogP contribution < -0.4 is 5.32 Å². The second kappa shape index (κ2) is 7.13. The van der Waals surface area contributed by atoms with Crippen LogP contribution in [0.4, 0.5) is 5.69 Å². The molecule has 0 atom stereocenters. The van der Waals surface area contributed by atoms with Gasteiger partial charge >= 0.3 is 0 Å². The second-order valence-corrected chi connectivity index (χ2v) is 6.16. The van der Waals surface area contributed by atoms with Gasteiger partial charge in [0.2, 0.25) is 5.91 Å². The van der Waals surface area contributed by atoms with E-state index >= 15 is 0 Å². The quantitative estimate of drug-likeness (QED) is 0.909.